The van der Waals surface area contributed by atoms with E-state index >= 15 is 0 Å². The molecule has 2 aliphatic heterocycles. The molecule has 0 amide bonds. The van der Waals surface area contributed by atoms with E-state index in [0.29, 0.717) is 37.2 Å². The number of benzene rings is 1. The fourth-order valence-corrected chi connectivity index (χ4v) is 4.58. The van der Waals surface area contributed by atoms with Gasteiger partial charge in [-0.3, -0.25) is 4.90 Å². The zero-order chi connectivity index (χ0) is 20.9. The Labute approximate surface area is 182 Å². The van der Waals surface area contributed by atoms with Crippen LogP contribution in [0.5, 0.6) is 0 Å². The first-order chi connectivity index (χ1) is 14.6. The van der Waals surface area contributed by atoms with Gasteiger partial charge in [-0.2, -0.15) is 4.98 Å². The van der Waals surface area contributed by atoms with E-state index in [1.165, 1.54) is 5.56 Å². The molecule has 1 aromatic carbocycles. The molecule has 3 heterocycles. The third kappa shape index (κ3) is 5.24. The molecule has 2 fully saturated rings. The second kappa shape index (κ2) is 9.96. The lowest BCUT2D eigenvalue weighted by Gasteiger charge is -2.46. The Hall–Kier alpha value is -1.87. The molecule has 2 atom stereocenters. The van der Waals surface area contributed by atoms with Gasteiger partial charge in [-0.25, -0.2) is 5.10 Å². The second-order valence-corrected chi connectivity index (χ2v) is 8.47. The number of anilines is 2. The molecule has 4 rings (SSSR count). The molecule has 0 radical (unpaired) electrons. The van der Waals surface area contributed by atoms with Crippen molar-refractivity contribution in [3.63, 3.8) is 0 Å². The van der Waals surface area contributed by atoms with Crippen molar-refractivity contribution in [1.82, 2.24) is 20.1 Å². The summed E-state index contributed by atoms with van der Waals surface area (Å²) in [6, 6.07) is 9.00. The summed E-state index contributed by atoms with van der Waals surface area (Å²) in [5.74, 6) is 1.06. The minimum absolute atomic E-state index is 0.122. The van der Waals surface area contributed by atoms with Crippen LogP contribution in [0, 0.1) is 0 Å². The third-order valence-electron chi connectivity index (χ3n) is 6.01. The molecule has 3 N–H and O–H groups in total. The van der Waals surface area contributed by atoms with Crippen molar-refractivity contribution in [2.75, 3.05) is 50.1 Å². The highest BCUT2D eigenvalue weighted by molar-refractivity contribution is 6.30. The molecule has 0 aliphatic carbocycles. The van der Waals surface area contributed by atoms with Crippen LogP contribution >= 0.6 is 11.6 Å². The van der Waals surface area contributed by atoms with E-state index in [0.717, 1.165) is 50.5 Å². The minimum atomic E-state index is 0.122. The Bertz CT molecular complexity index is 793. The van der Waals surface area contributed by atoms with E-state index in [1.54, 1.807) is 0 Å². The fourth-order valence-electron chi connectivity index (χ4n) is 4.45. The minimum Gasteiger partial charge on any atom is -0.379 e. The summed E-state index contributed by atoms with van der Waals surface area (Å²) in [6.45, 7) is 6.85. The normalized spacial score (nSPS) is 23.7. The molecular formula is C21H31ClN6O2. The standard InChI is InChI=1S/C21H31ClN6O2/c1-2-29-14-19-12-28(18(13-30-19)11-15-3-5-16(22)6-4-15)17-7-9-27(10-8-17)21-24-20(23)25-26-21/h3-6,17-19H,2,7-14H2,1H3,(H3,23,24,25,26). The number of piperidine rings is 1. The topological polar surface area (TPSA) is 92.5 Å². The van der Waals surface area contributed by atoms with E-state index in [2.05, 4.69) is 37.1 Å². The van der Waals surface area contributed by atoms with Gasteiger partial charge in [0.1, 0.15) is 0 Å². The smallest absolute Gasteiger partial charge is 0.246 e. The summed E-state index contributed by atoms with van der Waals surface area (Å²) in [4.78, 5) is 9.12. The van der Waals surface area contributed by atoms with Crippen LogP contribution in [0.25, 0.3) is 0 Å². The summed E-state index contributed by atoms with van der Waals surface area (Å²) in [5, 5.41) is 7.70. The van der Waals surface area contributed by atoms with Crippen molar-refractivity contribution in [2.45, 2.75) is 44.4 Å². The van der Waals surface area contributed by atoms with Crippen LogP contribution in [0.4, 0.5) is 11.9 Å². The SMILES string of the molecule is CCOCC1CN(C2CCN(c3n[nH]c(N)n3)CC2)C(Cc2ccc(Cl)cc2)CO1. The Balaban J connectivity index is 1.42. The monoisotopic (exact) mass is 434 g/mol. The Morgan fingerprint density at radius 1 is 1.27 bits per heavy atom. The number of nitrogens with one attached hydrogen (secondary N) is 1. The Morgan fingerprint density at radius 3 is 2.70 bits per heavy atom. The quantitative estimate of drug-likeness (QED) is 0.690. The number of ether oxygens (including phenoxy) is 2. The Morgan fingerprint density at radius 2 is 2.03 bits per heavy atom. The molecular weight excluding hydrogens is 404 g/mol. The van der Waals surface area contributed by atoms with Crippen molar-refractivity contribution < 1.29 is 9.47 Å². The molecule has 2 saturated heterocycles. The van der Waals surface area contributed by atoms with Crippen LogP contribution in [-0.2, 0) is 15.9 Å². The molecule has 8 nitrogen and oxygen atoms in total. The van der Waals surface area contributed by atoms with Gasteiger partial charge < -0.3 is 20.1 Å². The highest BCUT2D eigenvalue weighted by Crippen LogP contribution is 2.27. The van der Waals surface area contributed by atoms with Gasteiger partial charge in [0.2, 0.25) is 11.9 Å². The van der Waals surface area contributed by atoms with Gasteiger partial charge in [0.05, 0.1) is 19.3 Å². The van der Waals surface area contributed by atoms with Crippen molar-refractivity contribution in [3.05, 3.63) is 34.9 Å². The first kappa shape index (κ1) is 21.4. The maximum atomic E-state index is 6.16. The molecule has 2 aliphatic rings. The number of hydrogen-bond acceptors (Lipinski definition) is 7. The number of hydrogen-bond donors (Lipinski definition) is 2. The maximum absolute atomic E-state index is 6.16. The number of aromatic amines is 1. The highest BCUT2D eigenvalue weighted by atomic mass is 35.5. The van der Waals surface area contributed by atoms with Gasteiger partial charge >= 0.3 is 0 Å². The summed E-state index contributed by atoms with van der Waals surface area (Å²) in [6.07, 6.45) is 3.20. The predicted molar refractivity (Wildman–Crippen MR) is 118 cm³/mol. The van der Waals surface area contributed by atoms with Crippen molar-refractivity contribution in [1.29, 1.82) is 0 Å². The van der Waals surface area contributed by atoms with E-state index in [-0.39, 0.29) is 6.10 Å². The van der Waals surface area contributed by atoms with E-state index in [1.807, 2.05) is 19.1 Å². The van der Waals surface area contributed by atoms with Crippen LogP contribution in [0.15, 0.2) is 24.3 Å². The summed E-state index contributed by atoms with van der Waals surface area (Å²) in [5.41, 5.74) is 6.97. The van der Waals surface area contributed by atoms with Crippen LogP contribution in [-0.4, -0.2) is 77.7 Å². The van der Waals surface area contributed by atoms with E-state index in [4.69, 9.17) is 26.8 Å². The number of aromatic nitrogens is 3. The number of nitrogens with zero attached hydrogens (tertiary/aromatic N) is 4. The number of nitrogens with two attached hydrogens (primary N) is 1. The second-order valence-electron chi connectivity index (χ2n) is 8.03. The van der Waals surface area contributed by atoms with Crippen LogP contribution in [0.1, 0.15) is 25.3 Å². The Kier molecular flexibility index (Phi) is 7.09. The van der Waals surface area contributed by atoms with Gasteiger partial charge in [0, 0.05) is 43.3 Å². The average Bonchev–Trinajstić information content (AvgIpc) is 3.21. The van der Waals surface area contributed by atoms with Crippen LogP contribution in [0.2, 0.25) is 5.02 Å². The molecule has 2 unspecified atom stereocenters. The first-order valence-electron chi connectivity index (χ1n) is 10.7. The lowest BCUT2D eigenvalue weighted by molar-refractivity contribution is -0.107. The largest absolute Gasteiger partial charge is 0.379 e. The zero-order valence-electron chi connectivity index (χ0n) is 17.5. The number of rotatable bonds is 7. The lowest BCUT2D eigenvalue weighted by atomic mass is 9.96. The van der Waals surface area contributed by atoms with Gasteiger partial charge in [0.25, 0.3) is 0 Å². The highest BCUT2D eigenvalue weighted by Gasteiger charge is 2.35. The molecule has 1 aromatic heterocycles. The molecule has 0 bridgehead atoms. The summed E-state index contributed by atoms with van der Waals surface area (Å²) >= 11 is 6.06. The van der Waals surface area contributed by atoms with E-state index < -0.39 is 0 Å². The molecule has 164 valence electrons. The third-order valence-corrected chi connectivity index (χ3v) is 6.26. The van der Waals surface area contributed by atoms with Crippen molar-refractivity contribution >= 4 is 23.5 Å². The first-order valence-corrected chi connectivity index (χ1v) is 11.1. The van der Waals surface area contributed by atoms with Crippen molar-refractivity contribution in [3.8, 4) is 0 Å². The molecule has 0 spiro atoms. The number of nitrogen functional groups attached to an aromatic ring is 1. The number of morpholine rings is 1. The van der Waals surface area contributed by atoms with Crippen LogP contribution < -0.4 is 10.6 Å². The van der Waals surface area contributed by atoms with E-state index in [9.17, 15) is 0 Å². The fraction of sp³-hybridized carbons (Fsp3) is 0.619. The van der Waals surface area contributed by atoms with Gasteiger partial charge in [0.15, 0.2) is 0 Å². The van der Waals surface area contributed by atoms with Gasteiger partial charge in [-0.05, 0) is 43.9 Å². The molecule has 2 aromatic rings. The molecule has 9 heteroatoms. The molecule has 30 heavy (non-hydrogen) atoms. The van der Waals surface area contributed by atoms with Gasteiger partial charge in [-0.15, -0.1) is 5.10 Å². The number of halogens is 1. The lowest BCUT2D eigenvalue weighted by Crippen LogP contribution is -2.58. The maximum Gasteiger partial charge on any atom is 0.246 e. The van der Waals surface area contributed by atoms with Gasteiger partial charge in [-0.1, -0.05) is 23.7 Å². The van der Waals surface area contributed by atoms with Crippen molar-refractivity contribution in [2.24, 2.45) is 0 Å². The summed E-state index contributed by atoms with van der Waals surface area (Å²) < 4.78 is 11.8. The predicted octanol–water partition coefficient (Wildman–Crippen LogP) is 2.36. The molecule has 0 saturated carbocycles. The average molecular weight is 435 g/mol. The zero-order valence-corrected chi connectivity index (χ0v) is 18.2. The number of H-pyrrole nitrogens is 1. The van der Waals surface area contributed by atoms with Crippen LogP contribution in [0.3, 0.4) is 0 Å². The summed E-state index contributed by atoms with van der Waals surface area (Å²) in [7, 11) is 0.